The van der Waals surface area contributed by atoms with Gasteiger partial charge in [-0.15, -0.1) is 0 Å². The lowest BCUT2D eigenvalue weighted by atomic mass is 9.91. The molecule has 1 aliphatic heterocycles. The van der Waals surface area contributed by atoms with Crippen molar-refractivity contribution in [2.45, 2.75) is 46.2 Å². The maximum atomic E-state index is 12.1. The van der Waals surface area contributed by atoms with Gasteiger partial charge in [-0.2, -0.15) is 0 Å². The van der Waals surface area contributed by atoms with Crippen molar-refractivity contribution in [3.63, 3.8) is 0 Å². The molecule has 2 aromatic rings. The molecule has 4 nitrogen and oxygen atoms in total. The predicted octanol–water partition coefficient (Wildman–Crippen LogP) is 4.01. The standard InChI is InChI=1S/C22H30N2O2/c1-17-12-18(2)15-24(14-17)16-20-7-4-3-6-19(20)13-23-22(25)10-9-21-8-5-11-26-21/h3-8,11,17-18H,9-10,12-16H2,1-2H3,(H,23,25)/t17-,18+. The summed E-state index contributed by atoms with van der Waals surface area (Å²) in [6, 6.07) is 12.2. The van der Waals surface area contributed by atoms with Gasteiger partial charge < -0.3 is 9.73 Å². The van der Waals surface area contributed by atoms with Crippen LogP contribution < -0.4 is 5.32 Å². The Balaban J connectivity index is 1.52. The molecule has 1 amide bonds. The minimum Gasteiger partial charge on any atom is -0.469 e. The lowest BCUT2D eigenvalue weighted by Crippen LogP contribution is -2.38. The maximum Gasteiger partial charge on any atom is 0.220 e. The van der Waals surface area contributed by atoms with E-state index in [1.54, 1.807) is 6.26 Å². The van der Waals surface area contributed by atoms with E-state index in [9.17, 15) is 4.79 Å². The fraction of sp³-hybridized carbons (Fsp3) is 0.500. The van der Waals surface area contributed by atoms with Gasteiger partial charge in [0.1, 0.15) is 5.76 Å². The van der Waals surface area contributed by atoms with Gasteiger partial charge in [0, 0.05) is 39.0 Å². The SMILES string of the molecule is C[C@@H]1C[C@H](C)CN(Cc2ccccc2CNC(=O)CCc2ccco2)C1. The normalized spacial score (nSPS) is 20.8. The first-order valence-electron chi connectivity index (χ1n) is 9.68. The average molecular weight is 354 g/mol. The Kier molecular flexibility index (Phi) is 6.51. The number of hydrogen-bond acceptors (Lipinski definition) is 3. The molecule has 26 heavy (non-hydrogen) atoms. The van der Waals surface area contributed by atoms with Crippen LogP contribution in [0.25, 0.3) is 0 Å². The Morgan fingerprint density at radius 1 is 1.12 bits per heavy atom. The number of aryl methyl sites for hydroxylation is 1. The number of carbonyl (C=O) groups excluding carboxylic acids is 1. The number of benzene rings is 1. The van der Waals surface area contributed by atoms with Crippen molar-refractivity contribution in [1.29, 1.82) is 0 Å². The molecule has 1 aliphatic rings. The monoisotopic (exact) mass is 354 g/mol. The highest BCUT2D eigenvalue weighted by molar-refractivity contribution is 5.76. The maximum absolute atomic E-state index is 12.1. The fourth-order valence-electron chi connectivity index (χ4n) is 4.02. The van der Waals surface area contributed by atoms with E-state index in [-0.39, 0.29) is 5.91 Å². The molecule has 1 aromatic carbocycles. The zero-order chi connectivity index (χ0) is 18.4. The van der Waals surface area contributed by atoms with Crippen LogP contribution in [0.4, 0.5) is 0 Å². The summed E-state index contributed by atoms with van der Waals surface area (Å²) in [6.07, 6.45) is 4.07. The van der Waals surface area contributed by atoms with Gasteiger partial charge in [-0.05, 0) is 41.5 Å². The number of likely N-dealkylation sites (tertiary alicyclic amines) is 1. The molecule has 0 aliphatic carbocycles. The minimum absolute atomic E-state index is 0.0661. The van der Waals surface area contributed by atoms with Crippen LogP contribution in [0.5, 0.6) is 0 Å². The topological polar surface area (TPSA) is 45.5 Å². The van der Waals surface area contributed by atoms with Crippen LogP contribution in [0.2, 0.25) is 0 Å². The Morgan fingerprint density at radius 3 is 2.54 bits per heavy atom. The molecule has 1 N–H and O–H groups in total. The molecule has 1 aromatic heterocycles. The molecule has 1 fully saturated rings. The van der Waals surface area contributed by atoms with Gasteiger partial charge >= 0.3 is 0 Å². The van der Waals surface area contributed by atoms with Crippen LogP contribution in [0, 0.1) is 11.8 Å². The third-order valence-corrected chi connectivity index (χ3v) is 5.11. The number of furan rings is 1. The number of piperidine rings is 1. The number of hydrogen-bond donors (Lipinski definition) is 1. The second-order valence-electron chi connectivity index (χ2n) is 7.76. The van der Waals surface area contributed by atoms with Gasteiger partial charge in [0.05, 0.1) is 6.26 Å². The zero-order valence-corrected chi connectivity index (χ0v) is 15.9. The lowest BCUT2D eigenvalue weighted by molar-refractivity contribution is -0.121. The summed E-state index contributed by atoms with van der Waals surface area (Å²) < 4.78 is 5.28. The van der Waals surface area contributed by atoms with Gasteiger partial charge in [0.25, 0.3) is 0 Å². The van der Waals surface area contributed by atoms with E-state index in [4.69, 9.17) is 4.42 Å². The first kappa shape index (κ1) is 18.7. The van der Waals surface area contributed by atoms with Crippen LogP contribution in [0.1, 0.15) is 43.6 Å². The highest BCUT2D eigenvalue weighted by Gasteiger charge is 2.22. The number of rotatable bonds is 7. The fourth-order valence-corrected chi connectivity index (χ4v) is 4.02. The molecule has 0 bridgehead atoms. The largest absolute Gasteiger partial charge is 0.469 e. The Bertz CT molecular complexity index is 686. The zero-order valence-electron chi connectivity index (χ0n) is 15.9. The summed E-state index contributed by atoms with van der Waals surface area (Å²) in [7, 11) is 0. The average Bonchev–Trinajstić information content (AvgIpc) is 3.12. The van der Waals surface area contributed by atoms with E-state index in [1.165, 1.54) is 17.5 Å². The quantitative estimate of drug-likeness (QED) is 0.817. The third-order valence-electron chi connectivity index (χ3n) is 5.11. The molecule has 0 spiro atoms. The second-order valence-corrected chi connectivity index (χ2v) is 7.76. The van der Waals surface area contributed by atoms with Gasteiger partial charge in [-0.25, -0.2) is 0 Å². The van der Waals surface area contributed by atoms with E-state index in [0.717, 1.165) is 37.2 Å². The van der Waals surface area contributed by atoms with Crippen LogP contribution >= 0.6 is 0 Å². The van der Waals surface area contributed by atoms with Crippen LogP contribution in [0.15, 0.2) is 47.1 Å². The highest BCUT2D eigenvalue weighted by Crippen LogP contribution is 2.23. The van der Waals surface area contributed by atoms with Crippen molar-refractivity contribution < 1.29 is 9.21 Å². The summed E-state index contributed by atoms with van der Waals surface area (Å²) in [6.45, 7) is 8.56. The summed E-state index contributed by atoms with van der Waals surface area (Å²) in [4.78, 5) is 14.7. The van der Waals surface area contributed by atoms with Crippen molar-refractivity contribution in [2.24, 2.45) is 11.8 Å². The molecule has 140 valence electrons. The molecule has 2 heterocycles. The van der Waals surface area contributed by atoms with Crippen LogP contribution in [-0.2, 0) is 24.3 Å². The van der Waals surface area contributed by atoms with E-state index >= 15 is 0 Å². The highest BCUT2D eigenvalue weighted by atomic mass is 16.3. The molecule has 1 saturated heterocycles. The van der Waals surface area contributed by atoms with E-state index in [1.807, 2.05) is 12.1 Å². The molecule has 0 unspecified atom stereocenters. The first-order valence-corrected chi connectivity index (χ1v) is 9.68. The molecule has 0 radical (unpaired) electrons. The van der Waals surface area contributed by atoms with E-state index in [2.05, 4.69) is 48.3 Å². The molecule has 0 saturated carbocycles. The Labute approximate surface area is 156 Å². The molecular weight excluding hydrogens is 324 g/mol. The first-order chi connectivity index (χ1) is 12.6. The van der Waals surface area contributed by atoms with Crippen molar-refractivity contribution in [2.75, 3.05) is 13.1 Å². The third kappa shape index (κ3) is 5.46. The predicted molar refractivity (Wildman–Crippen MR) is 104 cm³/mol. The van der Waals surface area contributed by atoms with Crippen molar-refractivity contribution in [3.8, 4) is 0 Å². The van der Waals surface area contributed by atoms with Crippen molar-refractivity contribution in [3.05, 3.63) is 59.5 Å². The number of carbonyl (C=O) groups is 1. The van der Waals surface area contributed by atoms with Gasteiger partial charge in [0.2, 0.25) is 5.91 Å². The van der Waals surface area contributed by atoms with E-state index in [0.29, 0.717) is 19.4 Å². The van der Waals surface area contributed by atoms with Gasteiger partial charge in [0.15, 0.2) is 0 Å². The van der Waals surface area contributed by atoms with Crippen LogP contribution in [-0.4, -0.2) is 23.9 Å². The van der Waals surface area contributed by atoms with Crippen LogP contribution in [0.3, 0.4) is 0 Å². The smallest absolute Gasteiger partial charge is 0.220 e. The number of nitrogens with one attached hydrogen (secondary N) is 1. The number of amides is 1. The number of nitrogens with zero attached hydrogens (tertiary/aromatic N) is 1. The summed E-state index contributed by atoms with van der Waals surface area (Å²) in [5.74, 6) is 2.43. The molecule has 2 atom stereocenters. The van der Waals surface area contributed by atoms with Gasteiger partial charge in [-0.3, -0.25) is 9.69 Å². The van der Waals surface area contributed by atoms with E-state index < -0.39 is 0 Å². The molecule has 4 heteroatoms. The Morgan fingerprint density at radius 2 is 1.85 bits per heavy atom. The second kappa shape index (κ2) is 9.04. The minimum atomic E-state index is 0.0661. The van der Waals surface area contributed by atoms with Crippen molar-refractivity contribution >= 4 is 5.91 Å². The van der Waals surface area contributed by atoms with Crippen molar-refractivity contribution in [1.82, 2.24) is 10.2 Å². The summed E-state index contributed by atoms with van der Waals surface area (Å²) >= 11 is 0. The summed E-state index contributed by atoms with van der Waals surface area (Å²) in [5.41, 5.74) is 2.53. The molecule has 3 rings (SSSR count). The molecular formula is C22H30N2O2. The van der Waals surface area contributed by atoms with Gasteiger partial charge in [-0.1, -0.05) is 38.1 Å². The Hall–Kier alpha value is -2.07. The lowest BCUT2D eigenvalue weighted by Gasteiger charge is -2.35. The summed E-state index contributed by atoms with van der Waals surface area (Å²) in [5, 5.41) is 3.06.